The Morgan fingerprint density at radius 1 is 1.22 bits per heavy atom. The van der Waals surface area contributed by atoms with Crippen molar-refractivity contribution < 1.29 is 14.1 Å². The summed E-state index contributed by atoms with van der Waals surface area (Å²) < 4.78 is 0.343. The summed E-state index contributed by atoms with van der Waals surface area (Å²) in [7, 11) is 2.06. The summed E-state index contributed by atoms with van der Waals surface area (Å²) in [5.74, 6) is 6.35. The van der Waals surface area contributed by atoms with E-state index < -0.39 is 0 Å². The van der Waals surface area contributed by atoms with Gasteiger partial charge in [0.1, 0.15) is 17.7 Å². The van der Waals surface area contributed by atoms with Crippen LogP contribution in [0.2, 0.25) is 0 Å². The van der Waals surface area contributed by atoms with E-state index in [-0.39, 0.29) is 17.9 Å². The van der Waals surface area contributed by atoms with Crippen LogP contribution in [0.1, 0.15) is 48.2 Å². The second kappa shape index (κ2) is 9.96. The number of allylic oxidation sites excluding steroid dienone is 1. The van der Waals surface area contributed by atoms with Crippen LogP contribution in [0, 0.1) is 11.8 Å². The molecule has 8 heteroatoms. The Balaban J connectivity index is 1.43. The second-order valence-electron chi connectivity index (χ2n) is 9.32. The van der Waals surface area contributed by atoms with Gasteiger partial charge in [0.15, 0.2) is 5.70 Å². The molecule has 8 nitrogen and oxygen atoms in total. The number of aromatic nitrogens is 1. The summed E-state index contributed by atoms with van der Waals surface area (Å²) in [5, 5.41) is 2.88. The molecule has 0 radical (unpaired) electrons. The Bertz CT molecular complexity index is 1440. The number of amidine groups is 1. The highest BCUT2D eigenvalue weighted by atomic mass is 16.2. The van der Waals surface area contributed by atoms with Gasteiger partial charge in [-0.25, -0.2) is 9.47 Å². The van der Waals surface area contributed by atoms with Crippen LogP contribution in [0.3, 0.4) is 0 Å². The third-order valence-corrected chi connectivity index (χ3v) is 7.02. The highest BCUT2D eigenvalue weighted by molar-refractivity contribution is 6.05. The Morgan fingerprint density at radius 2 is 2.03 bits per heavy atom. The molecule has 2 aromatic rings. The number of nitrogens with zero attached hydrogens (tertiary/aromatic N) is 5. The molecule has 0 saturated carbocycles. The summed E-state index contributed by atoms with van der Waals surface area (Å²) in [6.07, 6.45) is 9.89. The monoisotopic (exact) mass is 493 g/mol. The first-order valence-corrected chi connectivity index (χ1v) is 12.5. The van der Waals surface area contributed by atoms with E-state index in [2.05, 4.69) is 41.1 Å². The first kappa shape index (κ1) is 24.3. The van der Waals surface area contributed by atoms with Crippen molar-refractivity contribution in [1.82, 2.24) is 9.88 Å². The van der Waals surface area contributed by atoms with Gasteiger partial charge in [-0.3, -0.25) is 14.6 Å². The van der Waals surface area contributed by atoms with Gasteiger partial charge in [-0.15, -0.1) is 0 Å². The number of likely N-dealkylation sites (tertiary alicyclic amines) is 1. The molecule has 2 unspecified atom stereocenters. The van der Waals surface area contributed by atoms with Gasteiger partial charge in [0.2, 0.25) is 5.84 Å². The van der Waals surface area contributed by atoms with Gasteiger partial charge in [-0.05, 0) is 74.1 Å². The lowest BCUT2D eigenvalue weighted by Gasteiger charge is -2.29. The molecule has 2 atom stereocenters. The fourth-order valence-electron chi connectivity index (χ4n) is 5.02. The van der Waals surface area contributed by atoms with Crippen molar-refractivity contribution in [3.05, 3.63) is 83.1 Å². The number of anilines is 1. The predicted octanol–water partition coefficient (Wildman–Crippen LogP) is 3.88. The van der Waals surface area contributed by atoms with Crippen LogP contribution < -0.4 is 5.32 Å². The number of nitrogens with one attached hydrogen (secondary N) is 1. The van der Waals surface area contributed by atoms with E-state index in [1.165, 1.54) is 0 Å². The predicted molar refractivity (Wildman–Crippen MR) is 144 cm³/mol. The van der Waals surface area contributed by atoms with Gasteiger partial charge in [0, 0.05) is 18.3 Å². The minimum Gasteiger partial charge on any atom is -0.323 e. The number of rotatable bonds is 5. The summed E-state index contributed by atoms with van der Waals surface area (Å²) in [6, 6.07) is 11.1. The Kier molecular flexibility index (Phi) is 6.55. The first-order chi connectivity index (χ1) is 17.9. The molecule has 5 rings (SSSR count). The van der Waals surface area contributed by atoms with Crippen molar-refractivity contribution in [2.45, 2.75) is 39.2 Å². The standard InChI is InChI=1S/C29H28N6O2/c1-4-7-26(36)34-16-6-8-23(34)27-24-19-30-15-17-35(24,3)28(33-27)21-9-11-22(12-10-21)29(37)32-25-18-20(5-2)13-14-31-25/h9-15,17-19,23H,5-6,8,16H2,1-3H3/p+1. The van der Waals surface area contributed by atoms with E-state index >= 15 is 0 Å². The van der Waals surface area contributed by atoms with Gasteiger partial charge in [-0.1, -0.05) is 12.8 Å². The quantitative estimate of drug-likeness (QED) is 0.507. The van der Waals surface area contributed by atoms with E-state index in [1.807, 2.05) is 41.6 Å². The van der Waals surface area contributed by atoms with E-state index in [0.29, 0.717) is 22.4 Å². The molecule has 186 valence electrons. The topological polar surface area (TPSA) is 87.0 Å². The molecule has 1 aromatic heterocycles. The number of hydrogen-bond donors (Lipinski definition) is 1. The highest BCUT2D eigenvalue weighted by Crippen LogP contribution is 2.38. The minimum atomic E-state index is -0.220. The number of benzene rings is 1. The zero-order valence-electron chi connectivity index (χ0n) is 21.2. The second-order valence-corrected chi connectivity index (χ2v) is 9.32. The van der Waals surface area contributed by atoms with Crippen molar-refractivity contribution >= 4 is 29.7 Å². The molecule has 1 saturated heterocycles. The number of fused-ring (bicyclic) bond motifs is 1. The average molecular weight is 494 g/mol. The largest absolute Gasteiger partial charge is 0.323 e. The fraction of sp³-hybridized carbons (Fsp3) is 0.276. The lowest BCUT2D eigenvalue weighted by atomic mass is 10.1. The van der Waals surface area contributed by atoms with Crippen LogP contribution >= 0.6 is 0 Å². The number of carbonyl (C=O) groups is 2. The molecule has 3 aliphatic heterocycles. The number of carbonyl (C=O) groups excluding carboxylic acids is 2. The Hall–Kier alpha value is -4.35. The molecule has 1 aromatic carbocycles. The van der Waals surface area contributed by atoms with Crippen molar-refractivity contribution in [3.8, 4) is 11.8 Å². The van der Waals surface area contributed by atoms with E-state index in [4.69, 9.17) is 4.99 Å². The van der Waals surface area contributed by atoms with Crippen LogP contribution in [0.5, 0.6) is 0 Å². The molecule has 4 heterocycles. The lowest BCUT2D eigenvalue weighted by Crippen LogP contribution is -2.43. The number of aliphatic imine (C=N–C) groups is 2. The first-order valence-electron chi connectivity index (χ1n) is 12.5. The maximum atomic E-state index is 12.8. The summed E-state index contributed by atoms with van der Waals surface area (Å²) in [5.41, 5.74) is 4.32. The molecule has 0 bridgehead atoms. The summed E-state index contributed by atoms with van der Waals surface area (Å²) >= 11 is 0. The number of amides is 2. The van der Waals surface area contributed by atoms with Crippen LogP contribution in [-0.4, -0.2) is 57.9 Å². The maximum Gasteiger partial charge on any atom is 0.299 e. The molecular formula is C29H29N6O2+. The molecule has 1 fully saturated rings. The van der Waals surface area contributed by atoms with Crippen molar-refractivity contribution in [1.29, 1.82) is 0 Å². The van der Waals surface area contributed by atoms with Crippen LogP contribution in [0.4, 0.5) is 5.82 Å². The third-order valence-electron chi connectivity index (χ3n) is 7.02. The van der Waals surface area contributed by atoms with Gasteiger partial charge in [0.05, 0.1) is 31.1 Å². The molecule has 37 heavy (non-hydrogen) atoms. The third kappa shape index (κ3) is 4.50. The van der Waals surface area contributed by atoms with Crippen LogP contribution in [-0.2, 0) is 11.2 Å². The lowest BCUT2D eigenvalue weighted by molar-refractivity contribution is -0.713. The van der Waals surface area contributed by atoms with Gasteiger partial charge >= 0.3 is 0 Å². The zero-order chi connectivity index (χ0) is 26.0. The van der Waals surface area contributed by atoms with Crippen molar-refractivity contribution in [3.63, 3.8) is 0 Å². The molecule has 3 aliphatic rings. The highest BCUT2D eigenvalue weighted by Gasteiger charge is 2.46. The molecular weight excluding hydrogens is 464 g/mol. The summed E-state index contributed by atoms with van der Waals surface area (Å²) in [4.78, 5) is 41.0. The van der Waals surface area contributed by atoms with Gasteiger partial charge < -0.3 is 10.2 Å². The fourth-order valence-corrected chi connectivity index (χ4v) is 5.02. The zero-order valence-corrected chi connectivity index (χ0v) is 21.2. The van der Waals surface area contributed by atoms with E-state index in [1.54, 1.807) is 31.5 Å². The average Bonchev–Trinajstić information content (AvgIpc) is 3.51. The van der Waals surface area contributed by atoms with Gasteiger partial charge in [-0.2, -0.15) is 4.99 Å². The number of hydrogen-bond acceptors (Lipinski definition) is 5. The molecule has 1 N–H and O–H groups in total. The number of quaternary nitrogens is 1. The van der Waals surface area contributed by atoms with E-state index in [0.717, 1.165) is 47.6 Å². The maximum absolute atomic E-state index is 12.8. The summed E-state index contributed by atoms with van der Waals surface area (Å²) in [6.45, 7) is 4.40. The Labute approximate surface area is 216 Å². The number of pyridine rings is 1. The van der Waals surface area contributed by atoms with Crippen molar-refractivity contribution in [2.75, 3.05) is 18.9 Å². The normalized spacial score (nSPS) is 21.9. The molecule has 0 spiro atoms. The van der Waals surface area contributed by atoms with Crippen LogP contribution in [0.25, 0.3) is 0 Å². The molecule has 0 aliphatic carbocycles. The Morgan fingerprint density at radius 3 is 2.78 bits per heavy atom. The minimum absolute atomic E-state index is 0.146. The molecule has 2 amide bonds. The van der Waals surface area contributed by atoms with E-state index in [9.17, 15) is 9.59 Å². The van der Waals surface area contributed by atoms with Crippen molar-refractivity contribution in [2.24, 2.45) is 9.98 Å². The van der Waals surface area contributed by atoms with Gasteiger partial charge in [0.25, 0.3) is 11.8 Å². The number of aryl methyl sites for hydroxylation is 1. The van der Waals surface area contributed by atoms with Crippen LogP contribution in [0.15, 0.2) is 76.4 Å². The SMILES string of the molecule is CC#CC(=O)N1CCCC1C1=C2C=NC=C[N+]2(C)C(c2ccc(C(=O)Nc3cc(CC)ccn3)cc2)=N1. The smallest absolute Gasteiger partial charge is 0.299 e.